The molecule has 0 aliphatic heterocycles. The number of aryl methyl sites for hydroxylation is 2. The monoisotopic (exact) mass is 526 g/mol. The van der Waals surface area contributed by atoms with E-state index >= 15 is 0 Å². The molecule has 0 spiro atoms. The van der Waals surface area contributed by atoms with Gasteiger partial charge in [-0.3, -0.25) is 9.59 Å². The van der Waals surface area contributed by atoms with Gasteiger partial charge in [-0.2, -0.15) is 0 Å². The number of hydrogen-bond acceptors (Lipinski definition) is 6. The third-order valence-electron chi connectivity index (χ3n) is 5.96. The minimum Gasteiger partial charge on any atom is -0.497 e. The van der Waals surface area contributed by atoms with Gasteiger partial charge in [0, 0.05) is 28.6 Å². The van der Waals surface area contributed by atoms with E-state index in [0.29, 0.717) is 28.0 Å². The number of halogens is 1. The SMILES string of the molecule is CC[C@@](C)(C(=O)Nc1ccc(OC)cc1)N(Cc1ccc(Cl)cc1)C(=O)CSc1nc(C)cc(C)n1. The van der Waals surface area contributed by atoms with Crippen LogP contribution >= 0.6 is 23.4 Å². The van der Waals surface area contributed by atoms with Crippen LogP contribution in [0.4, 0.5) is 5.69 Å². The summed E-state index contributed by atoms with van der Waals surface area (Å²) in [7, 11) is 1.59. The first kappa shape index (κ1) is 27.5. The van der Waals surface area contributed by atoms with Gasteiger partial charge >= 0.3 is 0 Å². The van der Waals surface area contributed by atoms with E-state index in [9.17, 15) is 9.59 Å². The number of carbonyl (C=O) groups excluding carboxylic acids is 2. The van der Waals surface area contributed by atoms with Crippen molar-refractivity contribution < 1.29 is 14.3 Å². The number of amides is 2. The molecule has 0 unspecified atom stereocenters. The fourth-order valence-electron chi connectivity index (χ4n) is 3.69. The molecule has 1 aromatic heterocycles. The van der Waals surface area contributed by atoms with Crippen LogP contribution in [0, 0.1) is 13.8 Å². The Morgan fingerprint density at radius 1 is 1.06 bits per heavy atom. The fourth-order valence-corrected chi connectivity index (χ4v) is 4.64. The number of nitrogens with zero attached hydrogens (tertiary/aromatic N) is 3. The maximum Gasteiger partial charge on any atom is 0.250 e. The number of aromatic nitrogens is 2. The second kappa shape index (κ2) is 12.2. The predicted molar refractivity (Wildman–Crippen MR) is 145 cm³/mol. The number of rotatable bonds is 10. The smallest absolute Gasteiger partial charge is 0.250 e. The van der Waals surface area contributed by atoms with Gasteiger partial charge in [0.25, 0.3) is 0 Å². The number of hydrogen-bond donors (Lipinski definition) is 1. The highest BCUT2D eigenvalue weighted by Gasteiger charge is 2.40. The number of methoxy groups -OCH3 is 1. The van der Waals surface area contributed by atoms with E-state index in [2.05, 4.69) is 15.3 Å². The molecule has 0 saturated carbocycles. The van der Waals surface area contributed by atoms with Crippen molar-refractivity contribution in [1.82, 2.24) is 14.9 Å². The Morgan fingerprint density at radius 2 is 1.67 bits per heavy atom. The van der Waals surface area contributed by atoms with E-state index in [1.54, 1.807) is 55.3 Å². The Morgan fingerprint density at radius 3 is 2.22 bits per heavy atom. The molecule has 190 valence electrons. The molecular formula is C27H31ClN4O3S. The number of ether oxygens (including phenoxy) is 1. The van der Waals surface area contributed by atoms with Crippen molar-refractivity contribution in [2.45, 2.75) is 51.4 Å². The molecule has 0 saturated heterocycles. The summed E-state index contributed by atoms with van der Waals surface area (Å²) in [5.41, 5.74) is 2.07. The van der Waals surface area contributed by atoms with Gasteiger partial charge in [-0.25, -0.2) is 9.97 Å². The lowest BCUT2D eigenvalue weighted by molar-refractivity contribution is -0.143. The third-order valence-corrected chi connectivity index (χ3v) is 7.05. The van der Waals surface area contributed by atoms with Gasteiger partial charge in [-0.15, -0.1) is 0 Å². The van der Waals surface area contributed by atoms with Gasteiger partial charge in [0.2, 0.25) is 11.8 Å². The predicted octanol–water partition coefficient (Wildman–Crippen LogP) is 5.68. The first-order valence-corrected chi connectivity index (χ1v) is 13.0. The molecule has 1 heterocycles. The minimum absolute atomic E-state index is 0.0991. The summed E-state index contributed by atoms with van der Waals surface area (Å²) in [4.78, 5) is 37.7. The average molecular weight is 527 g/mol. The van der Waals surface area contributed by atoms with Crippen molar-refractivity contribution in [2.75, 3.05) is 18.2 Å². The van der Waals surface area contributed by atoms with Gasteiger partial charge < -0.3 is 15.0 Å². The zero-order valence-electron chi connectivity index (χ0n) is 21.2. The first-order chi connectivity index (χ1) is 17.1. The van der Waals surface area contributed by atoms with Crippen LogP contribution in [0.25, 0.3) is 0 Å². The van der Waals surface area contributed by atoms with E-state index in [1.165, 1.54) is 11.8 Å². The Balaban J connectivity index is 1.87. The molecular weight excluding hydrogens is 496 g/mol. The number of benzene rings is 2. The zero-order chi connectivity index (χ0) is 26.3. The number of thioether (sulfide) groups is 1. The normalized spacial score (nSPS) is 12.5. The summed E-state index contributed by atoms with van der Waals surface area (Å²) < 4.78 is 5.20. The summed E-state index contributed by atoms with van der Waals surface area (Å²) in [5, 5.41) is 4.10. The van der Waals surface area contributed by atoms with Gasteiger partial charge in [0.15, 0.2) is 5.16 Å². The highest BCUT2D eigenvalue weighted by atomic mass is 35.5. The minimum atomic E-state index is -1.11. The van der Waals surface area contributed by atoms with Crippen molar-refractivity contribution in [2.24, 2.45) is 0 Å². The first-order valence-electron chi connectivity index (χ1n) is 11.6. The van der Waals surface area contributed by atoms with E-state index in [4.69, 9.17) is 16.3 Å². The molecule has 0 bridgehead atoms. The highest BCUT2D eigenvalue weighted by molar-refractivity contribution is 7.99. The van der Waals surface area contributed by atoms with E-state index in [0.717, 1.165) is 17.0 Å². The third kappa shape index (κ3) is 6.98. The lowest BCUT2D eigenvalue weighted by Crippen LogP contribution is -2.57. The fraction of sp³-hybridized carbons (Fsp3) is 0.333. The average Bonchev–Trinajstić information content (AvgIpc) is 2.86. The molecule has 1 N–H and O–H groups in total. The van der Waals surface area contributed by atoms with Gasteiger partial charge in [0.1, 0.15) is 11.3 Å². The summed E-state index contributed by atoms with van der Waals surface area (Å²) in [6.45, 7) is 7.73. The van der Waals surface area contributed by atoms with Crippen LogP contribution in [0.1, 0.15) is 37.2 Å². The van der Waals surface area contributed by atoms with E-state index in [1.807, 2.05) is 39.0 Å². The second-order valence-electron chi connectivity index (χ2n) is 8.64. The Kier molecular flexibility index (Phi) is 9.34. The summed E-state index contributed by atoms with van der Waals surface area (Å²) in [6, 6.07) is 16.2. The molecule has 9 heteroatoms. The highest BCUT2D eigenvalue weighted by Crippen LogP contribution is 2.28. The Hall–Kier alpha value is -3.10. The topological polar surface area (TPSA) is 84.4 Å². The van der Waals surface area contributed by atoms with Crippen LogP contribution < -0.4 is 10.1 Å². The van der Waals surface area contributed by atoms with Crippen molar-refractivity contribution in [3.05, 3.63) is 76.6 Å². The van der Waals surface area contributed by atoms with Crippen LogP contribution in [0.2, 0.25) is 5.02 Å². The number of carbonyl (C=O) groups is 2. The summed E-state index contributed by atoms with van der Waals surface area (Å²) in [6.07, 6.45) is 0.416. The lowest BCUT2D eigenvalue weighted by Gasteiger charge is -2.39. The molecule has 0 aliphatic carbocycles. The van der Waals surface area contributed by atoms with Crippen LogP contribution in [0.5, 0.6) is 5.75 Å². The van der Waals surface area contributed by atoms with E-state index < -0.39 is 5.54 Å². The van der Waals surface area contributed by atoms with Crippen LogP contribution in [0.15, 0.2) is 59.8 Å². The van der Waals surface area contributed by atoms with Crippen molar-refractivity contribution in [3.8, 4) is 5.75 Å². The second-order valence-corrected chi connectivity index (χ2v) is 10.0. The summed E-state index contributed by atoms with van der Waals surface area (Å²) >= 11 is 7.33. The molecule has 36 heavy (non-hydrogen) atoms. The molecule has 0 fully saturated rings. The van der Waals surface area contributed by atoms with Crippen LogP contribution in [-0.4, -0.2) is 45.1 Å². The molecule has 3 aromatic rings. The van der Waals surface area contributed by atoms with E-state index in [-0.39, 0.29) is 24.1 Å². The molecule has 2 amide bonds. The van der Waals surface area contributed by atoms with Crippen molar-refractivity contribution in [3.63, 3.8) is 0 Å². The largest absolute Gasteiger partial charge is 0.497 e. The number of nitrogens with one attached hydrogen (secondary N) is 1. The molecule has 2 aromatic carbocycles. The van der Waals surface area contributed by atoms with Crippen molar-refractivity contribution in [1.29, 1.82) is 0 Å². The maximum absolute atomic E-state index is 13.6. The van der Waals surface area contributed by atoms with Gasteiger partial charge in [0.05, 0.1) is 12.9 Å². The van der Waals surface area contributed by atoms with Crippen LogP contribution in [-0.2, 0) is 16.1 Å². The Labute approximate surface area is 221 Å². The lowest BCUT2D eigenvalue weighted by atomic mass is 9.93. The van der Waals surface area contributed by atoms with Gasteiger partial charge in [-0.05, 0) is 75.2 Å². The van der Waals surface area contributed by atoms with Crippen LogP contribution in [0.3, 0.4) is 0 Å². The summed E-state index contributed by atoms with van der Waals surface area (Å²) in [5.74, 6) is 0.329. The molecule has 0 aliphatic rings. The zero-order valence-corrected chi connectivity index (χ0v) is 22.7. The number of anilines is 1. The standard InChI is InChI=1S/C27H31ClN4O3S/c1-6-27(4,25(34)31-22-11-13-23(35-5)14-12-22)32(16-20-7-9-21(28)10-8-20)24(33)17-36-26-29-18(2)15-19(3)30-26/h7-15H,6,16-17H2,1-5H3,(H,31,34)/t27-/m0/s1. The van der Waals surface area contributed by atoms with Crippen molar-refractivity contribution >= 4 is 40.9 Å². The molecule has 3 rings (SSSR count). The maximum atomic E-state index is 13.6. The quantitative estimate of drug-likeness (QED) is 0.270. The van der Waals surface area contributed by atoms with Gasteiger partial charge in [-0.1, -0.05) is 42.4 Å². The Bertz CT molecular complexity index is 1180. The molecule has 0 radical (unpaired) electrons. The molecule has 7 nitrogen and oxygen atoms in total. The molecule has 1 atom stereocenters.